The monoisotopic (exact) mass is 315 g/mol. The summed E-state index contributed by atoms with van der Waals surface area (Å²) < 4.78 is 3.80. The number of nitrogens with one attached hydrogen (secondary N) is 1. The first kappa shape index (κ1) is 15.3. The summed E-state index contributed by atoms with van der Waals surface area (Å²) in [4.78, 5) is 25.5. The zero-order valence-corrected chi connectivity index (χ0v) is 13.2. The van der Waals surface area contributed by atoms with Crippen LogP contribution in [0.15, 0.2) is 30.6 Å². The van der Waals surface area contributed by atoms with Gasteiger partial charge in [0.15, 0.2) is 0 Å². The van der Waals surface area contributed by atoms with E-state index >= 15 is 0 Å². The molecule has 3 heterocycles. The lowest BCUT2D eigenvalue weighted by Gasteiger charge is -2.27. The summed E-state index contributed by atoms with van der Waals surface area (Å²) in [6.45, 7) is 4.53. The average Bonchev–Trinajstić information content (AvgIpc) is 3.20. The molecule has 1 N–H and O–H groups in total. The second kappa shape index (κ2) is 6.68. The lowest BCUT2D eigenvalue weighted by Crippen LogP contribution is -2.39. The van der Waals surface area contributed by atoms with Crippen LogP contribution in [0, 0.1) is 0 Å². The van der Waals surface area contributed by atoms with Crippen molar-refractivity contribution in [3.63, 3.8) is 0 Å². The molecule has 7 heteroatoms. The van der Waals surface area contributed by atoms with Gasteiger partial charge in [-0.2, -0.15) is 5.10 Å². The molecule has 2 amide bonds. The molecule has 7 nitrogen and oxygen atoms in total. The summed E-state index contributed by atoms with van der Waals surface area (Å²) in [5.41, 5.74) is 1.85. The summed E-state index contributed by atoms with van der Waals surface area (Å²) in [6, 6.07) is 5.79. The topological polar surface area (TPSA) is 72.2 Å². The second-order valence-corrected chi connectivity index (χ2v) is 5.65. The fourth-order valence-electron chi connectivity index (χ4n) is 2.67. The highest BCUT2D eigenvalue weighted by Crippen LogP contribution is 2.14. The Morgan fingerprint density at radius 2 is 2.04 bits per heavy atom. The van der Waals surface area contributed by atoms with Crippen molar-refractivity contribution < 1.29 is 9.59 Å². The Labute approximate surface area is 134 Å². The van der Waals surface area contributed by atoms with E-state index < -0.39 is 0 Å². The highest BCUT2D eigenvalue weighted by molar-refractivity contribution is 5.76. The van der Waals surface area contributed by atoms with Gasteiger partial charge in [-0.25, -0.2) is 0 Å². The maximum atomic E-state index is 12.4. The molecule has 122 valence electrons. The van der Waals surface area contributed by atoms with E-state index in [1.165, 1.54) is 0 Å². The zero-order chi connectivity index (χ0) is 16.2. The van der Waals surface area contributed by atoms with Gasteiger partial charge in [0, 0.05) is 25.4 Å². The maximum Gasteiger partial charge on any atom is 0.242 e. The number of fused-ring (bicyclic) bond motifs is 1. The number of hydrogen-bond donors (Lipinski definition) is 1. The van der Waals surface area contributed by atoms with Gasteiger partial charge in [0.05, 0.1) is 31.0 Å². The van der Waals surface area contributed by atoms with Crippen LogP contribution in [0.2, 0.25) is 0 Å². The van der Waals surface area contributed by atoms with E-state index in [0.29, 0.717) is 39.1 Å². The van der Waals surface area contributed by atoms with E-state index in [-0.39, 0.29) is 11.8 Å². The Hall–Kier alpha value is -2.57. The third-order valence-corrected chi connectivity index (χ3v) is 3.97. The van der Waals surface area contributed by atoms with Crippen molar-refractivity contribution in [2.24, 2.45) is 0 Å². The molecule has 3 rings (SSSR count). The zero-order valence-electron chi connectivity index (χ0n) is 13.2. The molecule has 0 bridgehead atoms. The van der Waals surface area contributed by atoms with Gasteiger partial charge >= 0.3 is 0 Å². The van der Waals surface area contributed by atoms with Crippen LogP contribution in [-0.2, 0) is 35.8 Å². The van der Waals surface area contributed by atoms with E-state index in [1.807, 2.05) is 51.7 Å². The number of carbonyl (C=O) groups is 2. The van der Waals surface area contributed by atoms with E-state index in [9.17, 15) is 9.59 Å². The Morgan fingerprint density at radius 1 is 1.26 bits per heavy atom. The molecule has 2 aromatic rings. The van der Waals surface area contributed by atoms with E-state index in [2.05, 4.69) is 10.4 Å². The van der Waals surface area contributed by atoms with Crippen LogP contribution >= 0.6 is 0 Å². The molecule has 0 spiro atoms. The highest BCUT2D eigenvalue weighted by Gasteiger charge is 2.22. The van der Waals surface area contributed by atoms with Crippen LogP contribution < -0.4 is 5.32 Å². The molecule has 0 saturated carbocycles. The van der Waals surface area contributed by atoms with Gasteiger partial charge in [-0.3, -0.25) is 14.3 Å². The van der Waals surface area contributed by atoms with Gasteiger partial charge in [0.25, 0.3) is 0 Å². The van der Waals surface area contributed by atoms with Gasteiger partial charge < -0.3 is 14.8 Å². The molecule has 0 saturated heterocycles. The van der Waals surface area contributed by atoms with Crippen molar-refractivity contribution in [2.75, 3.05) is 6.54 Å². The minimum absolute atomic E-state index is 0.0134. The fraction of sp³-hybridized carbons (Fsp3) is 0.438. The van der Waals surface area contributed by atoms with Crippen molar-refractivity contribution in [3.05, 3.63) is 42.0 Å². The SMILES string of the molecule is CCC(=O)NCc1cc2n(n1)CCN(C(=O)Cn1cccc1)C2. The quantitative estimate of drug-likeness (QED) is 0.885. The van der Waals surface area contributed by atoms with Crippen molar-refractivity contribution >= 4 is 11.8 Å². The van der Waals surface area contributed by atoms with Crippen molar-refractivity contribution in [2.45, 2.75) is 39.5 Å². The van der Waals surface area contributed by atoms with Crippen LogP contribution in [0.5, 0.6) is 0 Å². The van der Waals surface area contributed by atoms with E-state index in [0.717, 1.165) is 11.4 Å². The van der Waals surface area contributed by atoms with Crippen LogP contribution in [0.4, 0.5) is 0 Å². The number of hydrogen-bond acceptors (Lipinski definition) is 3. The number of carbonyl (C=O) groups excluding carboxylic acids is 2. The van der Waals surface area contributed by atoms with Crippen LogP contribution in [0.25, 0.3) is 0 Å². The predicted octanol–water partition coefficient (Wildman–Crippen LogP) is 0.753. The molecule has 1 aliphatic rings. The summed E-state index contributed by atoms with van der Waals surface area (Å²) in [5.74, 6) is 0.119. The molecular weight excluding hydrogens is 294 g/mol. The third kappa shape index (κ3) is 3.61. The molecule has 0 aliphatic carbocycles. The van der Waals surface area contributed by atoms with E-state index in [4.69, 9.17) is 0 Å². The molecule has 23 heavy (non-hydrogen) atoms. The first-order valence-electron chi connectivity index (χ1n) is 7.86. The lowest BCUT2D eigenvalue weighted by molar-refractivity contribution is -0.133. The van der Waals surface area contributed by atoms with E-state index in [1.54, 1.807) is 0 Å². The molecule has 0 aromatic carbocycles. The van der Waals surface area contributed by atoms with Gasteiger partial charge in [-0.05, 0) is 18.2 Å². The largest absolute Gasteiger partial charge is 0.350 e. The van der Waals surface area contributed by atoms with Crippen molar-refractivity contribution in [3.8, 4) is 0 Å². The Balaban J connectivity index is 1.60. The number of nitrogens with zero attached hydrogens (tertiary/aromatic N) is 4. The minimum atomic E-state index is 0.0134. The summed E-state index contributed by atoms with van der Waals surface area (Å²) in [5, 5.41) is 7.31. The molecule has 0 fully saturated rings. The number of rotatable bonds is 5. The third-order valence-electron chi connectivity index (χ3n) is 3.97. The first-order chi connectivity index (χ1) is 11.2. The average molecular weight is 315 g/mol. The van der Waals surface area contributed by atoms with Gasteiger partial charge in [0.1, 0.15) is 6.54 Å². The Kier molecular flexibility index (Phi) is 4.45. The smallest absolute Gasteiger partial charge is 0.242 e. The number of amides is 2. The van der Waals surface area contributed by atoms with Crippen molar-refractivity contribution in [1.29, 1.82) is 0 Å². The molecule has 2 aromatic heterocycles. The lowest BCUT2D eigenvalue weighted by atomic mass is 10.2. The highest BCUT2D eigenvalue weighted by atomic mass is 16.2. The summed E-state index contributed by atoms with van der Waals surface area (Å²) in [6.07, 6.45) is 4.25. The summed E-state index contributed by atoms with van der Waals surface area (Å²) in [7, 11) is 0. The van der Waals surface area contributed by atoms with Gasteiger partial charge in [0.2, 0.25) is 11.8 Å². The van der Waals surface area contributed by atoms with Crippen molar-refractivity contribution in [1.82, 2.24) is 24.6 Å². The molecule has 0 unspecified atom stereocenters. The summed E-state index contributed by atoms with van der Waals surface area (Å²) >= 11 is 0. The predicted molar refractivity (Wildman–Crippen MR) is 84.2 cm³/mol. The normalized spacial score (nSPS) is 13.7. The Morgan fingerprint density at radius 3 is 2.78 bits per heavy atom. The standard InChI is InChI=1S/C16H21N5O2/c1-2-15(22)17-10-13-9-14-11-20(7-8-21(14)18-13)16(23)12-19-5-3-4-6-19/h3-6,9H,2,7-8,10-12H2,1H3,(H,17,22). The fourth-order valence-corrected chi connectivity index (χ4v) is 2.67. The first-order valence-corrected chi connectivity index (χ1v) is 7.86. The second-order valence-electron chi connectivity index (χ2n) is 5.65. The van der Waals surface area contributed by atoms with Crippen LogP contribution in [-0.4, -0.2) is 37.6 Å². The van der Waals surface area contributed by atoms with Crippen LogP contribution in [0.1, 0.15) is 24.7 Å². The maximum absolute atomic E-state index is 12.4. The van der Waals surface area contributed by atoms with Gasteiger partial charge in [-0.15, -0.1) is 0 Å². The number of aromatic nitrogens is 3. The van der Waals surface area contributed by atoms with Gasteiger partial charge in [-0.1, -0.05) is 6.92 Å². The molecule has 0 atom stereocenters. The Bertz CT molecular complexity index is 689. The minimum Gasteiger partial charge on any atom is -0.350 e. The van der Waals surface area contributed by atoms with Crippen LogP contribution in [0.3, 0.4) is 0 Å². The molecular formula is C16H21N5O2. The molecule has 0 radical (unpaired) electrons. The molecule has 1 aliphatic heterocycles.